The van der Waals surface area contributed by atoms with Crippen LogP contribution in [0.25, 0.3) is 17.0 Å². The number of benzene rings is 1. The normalized spacial score (nSPS) is 14.2. The number of anilines is 1. The number of rotatable bonds is 5. The van der Waals surface area contributed by atoms with Crippen molar-refractivity contribution >= 4 is 44.6 Å². The van der Waals surface area contributed by atoms with Crippen LogP contribution in [0.15, 0.2) is 57.7 Å². The molecule has 0 atom stereocenters. The molecular weight excluding hydrogens is 480 g/mol. The van der Waals surface area contributed by atoms with Gasteiger partial charge in [-0.25, -0.2) is 0 Å². The first-order chi connectivity index (χ1) is 15.2. The SMILES string of the molecule is O=C(COc1ccc(Br)cc1)N1CCN(c2ccc3nnc(-c4ccsc4)n3n2)CC1. The number of hydrogen-bond donors (Lipinski definition) is 0. The summed E-state index contributed by atoms with van der Waals surface area (Å²) in [5.74, 6) is 2.26. The van der Waals surface area contributed by atoms with Crippen LogP contribution in [0, 0.1) is 0 Å². The highest BCUT2D eigenvalue weighted by molar-refractivity contribution is 9.10. The van der Waals surface area contributed by atoms with E-state index in [9.17, 15) is 4.79 Å². The topological polar surface area (TPSA) is 75.9 Å². The van der Waals surface area contributed by atoms with Crippen molar-refractivity contribution in [3.8, 4) is 17.1 Å². The molecule has 0 saturated carbocycles. The van der Waals surface area contributed by atoms with E-state index >= 15 is 0 Å². The van der Waals surface area contributed by atoms with Crippen LogP contribution in [-0.4, -0.2) is 63.4 Å². The number of carbonyl (C=O) groups excluding carboxylic acids is 1. The minimum Gasteiger partial charge on any atom is -0.484 e. The molecule has 5 rings (SSSR count). The zero-order valence-electron chi connectivity index (χ0n) is 16.5. The van der Waals surface area contributed by atoms with Crippen LogP contribution in [0.4, 0.5) is 5.82 Å². The predicted octanol–water partition coefficient (Wildman–Crippen LogP) is 3.34. The molecule has 0 N–H and O–H groups in total. The first-order valence-electron chi connectivity index (χ1n) is 9.83. The molecule has 0 unspecified atom stereocenters. The fourth-order valence-electron chi connectivity index (χ4n) is 3.47. The Balaban J connectivity index is 1.22. The fraction of sp³-hybridized carbons (Fsp3) is 0.238. The Bertz CT molecular complexity index is 1190. The maximum atomic E-state index is 12.5. The van der Waals surface area contributed by atoms with E-state index in [0.717, 1.165) is 21.7 Å². The molecular formula is C21H19BrN6O2S. The Labute approximate surface area is 191 Å². The lowest BCUT2D eigenvalue weighted by Crippen LogP contribution is -2.50. The number of halogens is 1. The lowest BCUT2D eigenvalue weighted by atomic mass is 10.3. The lowest BCUT2D eigenvalue weighted by molar-refractivity contribution is -0.133. The average molecular weight is 499 g/mol. The Morgan fingerprint density at radius 3 is 2.58 bits per heavy atom. The molecule has 4 aromatic rings. The van der Waals surface area contributed by atoms with E-state index in [1.807, 2.05) is 58.1 Å². The number of ether oxygens (including phenoxy) is 1. The van der Waals surface area contributed by atoms with Crippen LogP contribution >= 0.6 is 27.3 Å². The number of fused-ring (bicyclic) bond motifs is 1. The van der Waals surface area contributed by atoms with Gasteiger partial charge in [0.15, 0.2) is 18.1 Å². The van der Waals surface area contributed by atoms with Crippen LogP contribution in [0.5, 0.6) is 5.75 Å². The number of piperazine rings is 1. The maximum Gasteiger partial charge on any atom is 0.260 e. The predicted molar refractivity (Wildman–Crippen MR) is 123 cm³/mol. The highest BCUT2D eigenvalue weighted by Crippen LogP contribution is 2.22. The van der Waals surface area contributed by atoms with Crippen LogP contribution in [-0.2, 0) is 4.79 Å². The molecule has 1 fully saturated rings. The van der Waals surface area contributed by atoms with Gasteiger partial charge in [-0.3, -0.25) is 4.79 Å². The molecule has 1 amide bonds. The molecule has 3 aromatic heterocycles. The number of nitrogens with zero attached hydrogens (tertiary/aromatic N) is 6. The summed E-state index contributed by atoms with van der Waals surface area (Å²) in [6.45, 7) is 2.71. The molecule has 0 spiro atoms. The summed E-state index contributed by atoms with van der Waals surface area (Å²) in [5.41, 5.74) is 1.71. The van der Waals surface area contributed by atoms with Gasteiger partial charge in [0, 0.05) is 41.6 Å². The van der Waals surface area contributed by atoms with E-state index in [1.54, 1.807) is 15.9 Å². The molecule has 1 aromatic carbocycles. The molecule has 0 bridgehead atoms. The second-order valence-electron chi connectivity index (χ2n) is 7.11. The summed E-state index contributed by atoms with van der Waals surface area (Å²) in [7, 11) is 0. The zero-order chi connectivity index (χ0) is 21.2. The molecule has 1 saturated heterocycles. The molecule has 31 heavy (non-hydrogen) atoms. The fourth-order valence-corrected chi connectivity index (χ4v) is 4.37. The number of carbonyl (C=O) groups is 1. The quantitative estimate of drug-likeness (QED) is 0.420. The first-order valence-corrected chi connectivity index (χ1v) is 11.6. The third kappa shape index (κ3) is 4.26. The van der Waals surface area contributed by atoms with Gasteiger partial charge in [0.25, 0.3) is 5.91 Å². The van der Waals surface area contributed by atoms with Gasteiger partial charge in [0.1, 0.15) is 11.6 Å². The molecule has 1 aliphatic rings. The van der Waals surface area contributed by atoms with Gasteiger partial charge in [-0.1, -0.05) is 15.9 Å². The maximum absolute atomic E-state index is 12.5. The molecule has 0 aliphatic carbocycles. The van der Waals surface area contributed by atoms with Gasteiger partial charge in [-0.2, -0.15) is 15.9 Å². The zero-order valence-corrected chi connectivity index (χ0v) is 18.9. The molecule has 0 radical (unpaired) electrons. The van der Waals surface area contributed by atoms with E-state index < -0.39 is 0 Å². The smallest absolute Gasteiger partial charge is 0.260 e. The molecule has 8 nitrogen and oxygen atoms in total. The van der Waals surface area contributed by atoms with Gasteiger partial charge in [0.05, 0.1) is 0 Å². The minimum atomic E-state index is -0.00969. The standard InChI is InChI=1S/C21H19BrN6O2S/c22-16-1-3-17(4-2-16)30-13-20(29)27-10-8-26(9-11-27)19-6-5-18-23-24-21(28(18)25-19)15-7-12-31-14-15/h1-7,12,14H,8-11,13H2. The highest BCUT2D eigenvalue weighted by Gasteiger charge is 2.23. The van der Waals surface area contributed by atoms with Gasteiger partial charge in [-0.15, -0.1) is 15.3 Å². The van der Waals surface area contributed by atoms with Gasteiger partial charge >= 0.3 is 0 Å². The van der Waals surface area contributed by atoms with Crippen molar-refractivity contribution in [3.05, 3.63) is 57.7 Å². The summed E-state index contributed by atoms with van der Waals surface area (Å²) in [5, 5.41) is 17.3. The molecule has 158 valence electrons. The Kier molecular flexibility index (Phi) is 5.56. The van der Waals surface area contributed by atoms with Gasteiger partial charge < -0.3 is 14.5 Å². The highest BCUT2D eigenvalue weighted by atomic mass is 79.9. The summed E-state index contributed by atoms with van der Waals surface area (Å²) >= 11 is 5.00. The van der Waals surface area contributed by atoms with E-state index in [0.29, 0.717) is 37.6 Å². The third-order valence-electron chi connectivity index (χ3n) is 5.16. The summed E-state index contributed by atoms with van der Waals surface area (Å²) in [4.78, 5) is 16.5. The minimum absolute atomic E-state index is 0.00969. The first kappa shape index (κ1) is 20.0. The second kappa shape index (κ2) is 8.64. The van der Waals surface area contributed by atoms with Crippen molar-refractivity contribution in [2.75, 3.05) is 37.7 Å². The van der Waals surface area contributed by atoms with Crippen molar-refractivity contribution in [2.45, 2.75) is 0 Å². The number of thiophene rings is 1. The average Bonchev–Trinajstić information content (AvgIpc) is 3.48. The third-order valence-corrected chi connectivity index (χ3v) is 6.37. The monoisotopic (exact) mass is 498 g/mol. The van der Waals surface area contributed by atoms with Crippen LogP contribution in [0.2, 0.25) is 0 Å². The van der Waals surface area contributed by atoms with E-state index in [2.05, 4.69) is 31.0 Å². The molecule has 1 aliphatic heterocycles. The van der Waals surface area contributed by atoms with Crippen LogP contribution in [0.3, 0.4) is 0 Å². The van der Waals surface area contributed by atoms with Crippen molar-refractivity contribution in [3.63, 3.8) is 0 Å². The van der Waals surface area contributed by atoms with E-state index in [4.69, 9.17) is 9.84 Å². The van der Waals surface area contributed by atoms with E-state index in [-0.39, 0.29) is 12.5 Å². The van der Waals surface area contributed by atoms with Crippen molar-refractivity contribution in [2.24, 2.45) is 0 Å². The summed E-state index contributed by atoms with van der Waals surface area (Å²) in [6, 6.07) is 13.4. The van der Waals surface area contributed by atoms with E-state index in [1.165, 1.54) is 0 Å². The lowest BCUT2D eigenvalue weighted by Gasteiger charge is -2.35. The van der Waals surface area contributed by atoms with Gasteiger partial charge in [0.2, 0.25) is 0 Å². The number of hydrogen-bond acceptors (Lipinski definition) is 7. The van der Waals surface area contributed by atoms with Crippen molar-refractivity contribution in [1.82, 2.24) is 24.7 Å². The van der Waals surface area contributed by atoms with Crippen molar-refractivity contribution in [1.29, 1.82) is 0 Å². The molecule has 4 heterocycles. The number of aromatic nitrogens is 4. The van der Waals surface area contributed by atoms with Crippen molar-refractivity contribution < 1.29 is 9.53 Å². The Morgan fingerprint density at radius 1 is 1.03 bits per heavy atom. The number of amides is 1. The Morgan fingerprint density at radius 2 is 1.84 bits per heavy atom. The van der Waals surface area contributed by atoms with Crippen LogP contribution in [0.1, 0.15) is 0 Å². The van der Waals surface area contributed by atoms with Gasteiger partial charge in [-0.05, 0) is 47.8 Å². The van der Waals surface area contributed by atoms with Crippen LogP contribution < -0.4 is 9.64 Å². The largest absolute Gasteiger partial charge is 0.484 e. The summed E-state index contributed by atoms with van der Waals surface area (Å²) < 4.78 is 8.37. The Hall–Kier alpha value is -2.98. The second-order valence-corrected chi connectivity index (χ2v) is 8.80. The summed E-state index contributed by atoms with van der Waals surface area (Å²) in [6.07, 6.45) is 0. The molecule has 10 heteroatoms.